The first-order valence-corrected chi connectivity index (χ1v) is 6.59. The van der Waals surface area contributed by atoms with Crippen LogP contribution in [0.2, 0.25) is 0 Å². The van der Waals surface area contributed by atoms with E-state index in [-0.39, 0.29) is 0 Å². The summed E-state index contributed by atoms with van der Waals surface area (Å²) in [6.45, 7) is 6.37. The van der Waals surface area contributed by atoms with Crippen LogP contribution in [0.5, 0.6) is 0 Å². The highest BCUT2D eigenvalue weighted by molar-refractivity contribution is 5.63. The largest absolute Gasteiger partial charge is 0.436 e. The molecule has 1 aromatic carbocycles. The number of benzene rings is 1. The van der Waals surface area contributed by atoms with Crippen molar-refractivity contribution in [2.45, 2.75) is 20.8 Å². The molecular formula is C17H16N2O. The zero-order valence-corrected chi connectivity index (χ0v) is 11.8. The van der Waals surface area contributed by atoms with Gasteiger partial charge < -0.3 is 4.42 Å². The molecule has 0 saturated heterocycles. The van der Waals surface area contributed by atoms with Crippen LogP contribution in [0.1, 0.15) is 16.7 Å². The van der Waals surface area contributed by atoms with Gasteiger partial charge in [-0.15, -0.1) is 0 Å². The van der Waals surface area contributed by atoms with E-state index in [0.29, 0.717) is 5.89 Å². The topological polar surface area (TPSA) is 38.9 Å². The van der Waals surface area contributed by atoms with Gasteiger partial charge in [0.15, 0.2) is 5.76 Å². The number of aromatic nitrogens is 2. The Balaban J connectivity index is 2.03. The maximum atomic E-state index is 5.87. The molecule has 3 heteroatoms. The molecule has 3 rings (SSSR count). The quantitative estimate of drug-likeness (QED) is 0.691. The van der Waals surface area contributed by atoms with E-state index < -0.39 is 0 Å². The first-order chi connectivity index (χ1) is 9.65. The van der Waals surface area contributed by atoms with Gasteiger partial charge in [0.1, 0.15) is 0 Å². The predicted octanol–water partition coefficient (Wildman–Crippen LogP) is 4.33. The van der Waals surface area contributed by atoms with E-state index in [0.717, 1.165) is 16.9 Å². The third-order valence-electron chi connectivity index (χ3n) is 3.64. The number of oxazole rings is 1. The second-order valence-electron chi connectivity index (χ2n) is 5.00. The van der Waals surface area contributed by atoms with Gasteiger partial charge >= 0.3 is 0 Å². The van der Waals surface area contributed by atoms with Crippen molar-refractivity contribution in [3.8, 4) is 22.8 Å². The first-order valence-electron chi connectivity index (χ1n) is 6.59. The number of rotatable bonds is 2. The van der Waals surface area contributed by atoms with Gasteiger partial charge in [0.25, 0.3) is 0 Å². The minimum Gasteiger partial charge on any atom is -0.436 e. The number of nitrogens with zero attached hydrogens (tertiary/aromatic N) is 2. The molecule has 0 spiro atoms. The molecule has 0 bridgehead atoms. The molecule has 0 radical (unpaired) electrons. The van der Waals surface area contributed by atoms with E-state index in [9.17, 15) is 0 Å². The highest BCUT2D eigenvalue weighted by atomic mass is 16.4. The Morgan fingerprint density at radius 1 is 0.900 bits per heavy atom. The summed E-state index contributed by atoms with van der Waals surface area (Å²) in [5, 5.41) is 0. The third-order valence-corrected chi connectivity index (χ3v) is 3.64. The van der Waals surface area contributed by atoms with E-state index >= 15 is 0 Å². The van der Waals surface area contributed by atoms with Gasteiger partial charge in [-0.05, 0) is 61.7 Å². The molecule has 0 saturated carbocycles. The van der Waals surface area contributed by atoms with E-state index in [1.165, 1.54) is 16.7 Å². The average molecular weight is 264 g/mol. The Kier molecular flexibility index (Phi) is 3.11. The highest BCUT2D eigenvalue weighted by Gasteiger charge is 2.10. The Hall–Kier alpha value is -2.42. The van der Waals surface area contributed by atoms with Gasteiger partial charge in [-0.2, -0.15) is 0 Å². The maximum absolute atomic E-state index is 5.87. The lowest BCUT2D eigenvalue weighted by molar-refractivity contribution is 0.588. The zero-order valence-electron chi connectivity index (χ0n) is 11.8. The molecule has 2 aromatic heterocycles. The van der Waals surface area contributed by atoms with Gasteiger partial charge in [0.2, 0.25) is 5.89 Å². The Labute approximate surface area is 118 Å². The molecule has 0 atom stereocenters. The molecule has 100 valence electrons. The molecule has 2 heterocycles. The van der Waals surface area contributed by atoms with Gasteiger partial charge in [0.05, 0.1) is 6.20 Å². The summed E-state index contributed by atoms with van der Waals surface area (Å²) in [5.41, 5.74) is 5.86. The highest BCUT2D eigenvalue weighted by Crippen LogP contribution is 2.28. The van der Waals surface area contributed by atoms with Crippen LogP contribution in [0.3, 0.4) is 0 Å². The molecule has 0 aliphatic carbocycles. The molecule has 3 aromatic rings. The summed E-state index contributed by atoms with van der Waals surface area (Å²) in [4.78, 5) is 8.35. The van der Waals surface area contributed by atoms with Crippen molar-refractivity contribution in [2.24, 2.45) is 0 Å². The minimum atomic E-state index is 0.623. The molecule has 0 N–H and O–H groups in total. The minimum absolute atomic E-state index is 0.623. The number of pyridine rings is 1. The zero-order chi connectivity index (χ0) is 14.1. The van der Waals surface area contributed by atoms with Crippen LogP contribution in [0.15, 0.2) is 47.3 Å². The smallest absolute Gasteiger partial charge is 0.226 e. The second-order valence-corrected chi connectivity index (χ2v) is 5.00. The summed E-state index contributed by atoms with van der Waals surface area (Å²) in [5.74, 6) is 1.42. The third kappa shape index (κ3) is 2.23. The molecule has 0 amide bonds. The van der Waals surface area contributed by atoms with Gasteiger partial charge in [-0.3, -0.25) is 4.98 Å². The van der Waals surface area contributed by atoms with Crippen LogP contribution in [0.4, 0.5) is 0 Å². The van der Waals surface area contributed by atoms with Crippen molar-refractivity contribution in [3.63, 3.8) is 0 Å². The summed E-state index contributed by atoms with van der Waals surface area (Å²) in [7, 11) is 0. The van der Waals surface area contributed by atoms with Crippen LogP contribution >= 0.6 is 0 Å². The molecule has 0 fully saturated rings. The Morgan fingerprint density at radius 2 is 1.55 bits per heavy atom. The lowest BCUT2D eigenvalue weighted by atomic mass is 10.00. The van der Waals surface area contributed by atoms with E-state index in [2.05, 4.69) is 42.9 Å². The van der Waals surface area contributed by atoms with Crippen molar-refractivity contribution >= 4 is 0 Å². The van der Waals surface area contributed by atoms with Crippen molar-refractivity contribution in [3.05, 3.63) is 59.5 Å². The lowest BCUT2D eigenvalue weighted by Crippen LogP contribution is -1.87. The van der Waals surface area contributed by atoms with Crippen LogP contribution in [-0.4, -0.2) is 9.97 Å². The number of hydrogen-bond donors (Lipinski definition) is 0. The summed E-state index contributed by atoms with van der Waals surface area (Å²) in [6.07, 6.45) is 5.25. The fourth-order valence-corrected chi connectivity index (χ4v) is 2.21. The molecule has 0 unspecified atom stereocenters. The Bertz CT molecular complexity index is 722. The van der Waals surface area contributed by atoms with E-state index in [4.69, 9.17) is 4.42 Å². The fourth-order valence-electron chi connectivity index (χ4n) is 2.21. The average Bonchev–Trinajstić information content (AvgIpc) is 2.95. The van der Waals surface area contributed by atoms with Gasteiger partial charge in [0, 0.05) is 23.5 Å². The molecule has 3 nitrogen and oxygen atoms in total. The summed E-state index contributed by atoms with van der Waals surface area (Å²) >= 11 is 0. The molecular weight excluding hydrogens is 248 g/mol. The van der Waals surface area contributed by atoms with Crippen molar-refractivity contribution < 1.29 is 4.42 Å². The summed E-state index contributed by atoms with van der Waals surface area (Å²) < 4.78 is 5.87. The van der Waals surface area contributed by atoms with E-state index in [1.54, 1.807) is 18.6 Å². The molecule has 0 aliphatic heterocycles. The normalized spacial score (nSPS) is 10.8. The SMILES string of the molecule is Cc1cc(-c2cnc(-c3ccncc3)o2)cc(C)c1C. The number of hydrogen-bond acceptors (Lipinski definition) is 3. The first kappa shape index (κ1) is 12.6. The summed E-state index contributed by atoms with van der Waals surface area (Å²) in [6, 6.07) is 8.06. The van der Waals surface area contributed by atoms with E-state index in [1.807, 2.05) is 12.1 Å². The van der Waals surface area contributed by atoms with Gasteiger partial charge in [-0.25, -0.2) is 4.98 Å². The molecule has 0 aliphatic rings. The van der Waals surface area contributed by atoms with Crippen molar-refractivity contribution in [1.29, 1.82) is 0 Å². The standard InChI is InChI=1S/C17H16N2O/c1-11-8-15(9-12(2)13(11)3)16-10-19-17(20-16)14-4-6-18-7-5-14/h4-10H,1-3H3. The second kappa shape index (κ2) is 4.93. The molecule has 20 heavy (non-hydrogen) atoms. The van der Waals surface area contributed by atoms with Crippen molar-refractivity contribution in [2.75, 3.05) is 0 Å². The number of aryl methyl sites for hydroxylation is 2. The fraction of sp³-hybridized carbons (Fsp3) is 0.176. The predicted molar refractivity (Wildman–Crippen MR) is 79.4 cm³/mol. The van der Waals surface area contributed by atoms with Crippen LogP contribution in [-0.2, 0) is 0 Å². The van der Waals surface area contributed by atoms with Crippen LogP contribution in [0, 0.1) is 20.8 Å². The van der Waals surface area contributed by atoms with Crippen molar-refractivity contribution in [1.82, 2.24) is 9.97 Å². The van der Waals surface area contributed by atoms with Gasteiger partial charge in [-0.1, -0.05) is 0 Å². The lowest BCUT2D eigenvalue weighted by Gasteiger charge is -2.06. The maximum Gasteiger partial charge on any atom is 0.226 e. The van der Waals surface area contributed by atoms with Crippen LogP contribution in [0.25, 0.3) is 22.8 Å². The van der Waals surface area contributed by atoms with Crippen LogP contribution < -0.4 is 0 Å². The Morgan fingerprint density at radius 3 is 2.20 bits per heavy atom. The monoisotopic (exact) mass is 264 g/mol.